The number of carbonyl (C=O) groups is 1. The van der Waals surface area contributed by atoms with Crippen molar-refractivity contribution >= 4 is 18.3 Å². The number of ether oxygens (including phenoxy) is 3. The van der Waals surface area contributed by atoms with Crippen molar-refractivity contribution in [3.63, 3.8) is 0 Å². The number of amides is 1. The number of furan rings is 1. The Kier molecular flexibility index (Phi) is 8.55. The third-order valence-corrected chi connectivity index (χ3v) is 7.13. The average molecular weight is 533 g/mol. The predicted octanol–water partition coefficient (Wildman–Crippen LogP) is 3.38. The fourth-order valence-corrected chi connectivity index (χ4v) is 5.31. The maximum absolute atomic E-state index is 12.8. The molecule has 0 spiro atoms. The number of rotatable bonds is 8. The molecule has 1 atom stereocenters. The van der Waals surface area contributed by atoms with E-state index < -0.39 is 0 Å². The number of tetrazole rings is 1. The van der Waals surface area contributed by atoms with Crippen LogP contribution in [0.15, 0.2) is 34.9 Å². The van der Waals surface area contributed by atoms with Crippen molar-refractivity contribution in [2.45, 2.75) is 37.8 Å². The summed E-state index contributed by atoms with van der Waals surface area (Å²) in [5.41, 5.74) is 0.935. The standard InChI is InChI=1S/C25H32N6O5.ClH/c1-33-20-15-17(16-21(34-2)23(20)35-3)22(24-26-27-28-31(24)18-7-4-5-8-18)29-10-12-30(13-11-29)25(32)19-9-6-14-36-19;/h6,9,14-16,18,22H,4-5,7-8,10-13H2,1-3H3;1H. The number of halogens is 1. The van der Waals surface area contributed by atoms with Gasteiger partial charge >= 0.3 is 0 Å². The summed E-state index contributed by atoms with van der Waals surface area (Å²) in [5.74, 6) is 2.72. The van der Waals surface area contributed by atoms with Crippen molar-refractivity contribution in [3.8, 4) is 17.2 Å². The maximum atomic E-state index is 12.8. The maximum Gasteiger partial charge on any atom is 0.289 e. The van der Waals surface area contributed by atoms with Crippen molar-refractivity contribution in [2.75, 3.05) is 47.5 Å². The van der Waals surface area contributed by atoms with Crippen molar-refractivity contribution in [2.24, 2.45) is 0 Å². The van der Waals surface area contributed by atoms with E-state index in [0.29, 0.717) is 49.2 Å². The summed E-state index contributed by atoms with van der Waals surface area (Å²) in [6.07, 6.45) is 5.99. The lowest BCUT2D eigenvalue weighted by Crippen LogP contribution is -2.50. The van der Waals surface area contributed by atoms with Gasteiger partial charge in [0.05, 0.1) is 39.7 Å². The molecule has 37 heavy (non-hydrogen) atoms. The Bertz CT molecular complexity index is 1150. The van der Waals surface area contributed by atoms with Crippen LogP contribution in [0.2, 0.25) is 0 Å². The number of hydrogen-bond acceptors (Lipinski definition) is 9. The van der Waals surface area contributed by atoms with Gasteiger partial charge in [0.25, 0.3) is 5.91 Å². The summed E-state index contributed by atoms with van der Waals surface area (Å²) in [4.78, 5) is 17.0. The van der Waals surface area contributed by atoms with E-state index in [9.17, 15) is 4.79 Å². The first-order valence-corrected chi connectivity index (χ1v) is 12.3. The fourth-order valence-electron chi connectivity index (χ4n) is 5.31. The molecular weight excluding hydrogens is 500 g/mol. The second kappa shape index (κ2) is 11.8. The van der Waals surface area contributed by atoms with Crippen LogP contribution in [-0.2, 0) is 0 Å². The number of hydrogen-bond donors (Lipinski definition) is 0. The van der Waals surface area contributed by atoms with Crippen LogP contribution in [0.3, 0.4) is 0 Å². The molecule has 2 aliphatic rings. The normalized spacial score (nSPS) is 17.3. The van der Waals surface area contributed by atoms with Crippen molar-refractivity contribution in [1.29, 1.82) is 0 Å². The smallest absolute Gasteiger partial charge is 0.289 e. The lowest BCUT2D eigenvalue weighted by Gasteiger charge is -2.39. The molecule has 0 N–H and O–H groups in total. The van der Waals surface area contributed by atoms with Gasteiger partial charge in [-0.1, -0.05) is 12.8 Å². The minimum absolute atomic E-state index is 0. The van der Waals surface area contributed by atoms with Gasteiger partial charge in [-0.3, -0.25) is 9.69 Å². The van der Waals surface area contributed by atoms with Gasteiger partial charge in [0, 0.05) is 26.2 Å². The molecule has 1 aliphatic heterocycles. The Morgan fingerprint density at radius 1 is 1.03 bits per heavy atom. The molecule has 2 aromatic heterocycles. The largest absolute Gasteiger partial charge is 0.493 e. The Labute approximate surface area is 222 Å². The van der Waals surface area contributed by atoms with E-state index in [1.54, 1.807) is 33.5 Å². The van der Waals surface area contributed by atoms with Gasteiger partial charge in [0.1, 0.15) is 0 Å². The van der Waals surface area contributed by atoms with Crippen LogP contribution in [0.25, 0.3) is 0 Å². The highest BCUT2D eigenvalue weighted by atomic mass is 35.5. The second-order valence-corrected chi connectivity index (χ2v) is 9.09. The minimum Gasteiger partial charge on any atom is -0.493 e. The van der Waals surface area contributed by atoms with Gasteiger partial charge in [0.15, 0.2) is 23.1 Å². The molecule has 1 aromatic carbocycles. The Morgan fingerprint density at radius 2 is 1.70 bits per heavy atom. The van der Waals surface area contributed by atoms with Crippen LogP contribution in [0, 0.1) is 0 Å². The summed E-state index contributed by atoms with van der Waals surface area (Å²) in [5, 5.41) is 13.0. The monoisotopic (exact) mass is 532 g/mol. The van der Waals surface area contributed by atoms with Gasteiger partial charge in [0.2, 0.25) is 5.75 Å². The van der Waals surface area contributed by atoms with Crippen LogP contribution in [0.4, 0.5) is 0 Å². The first-order chi connectivity index (χ1) is 17.6. The highest BCUT2D eigenvalue weighted by Gasteiger charge is 2.35. The van der Waals surface area contributed by atoms with E-state index in [0.717, 1.165) is 24.2 Å². The van der Waals surface area contributed by atoms with Crippen LogP contribution < -0.4 is 14.2 Å². The number of carbonyl (C=O) groups excluding carboxylic acids is 1. The molecule has 11 nitrogen and oxygen atoms in total. The quantitative estimate of drug-likeness (QED) is 0.431. The zero-order chi connectivity index (χ0) is 25.1. The van der Waals surface area contributed by atoms with E-state index >= 15 is 0 Å². The molecule has 1 amide bonds. The van der Waals surface area contributed by atoms with E-state index in [1.165, 1.54) is 19.1 Å². The third-order valence-electron chi connectivity index (χ3n) is 7.13. The molecule has 12 heteroatoms. The average Bonchev–Trinajstić information content (AvgIpc) is 3.71. The number of aromatic nitrogens is 4. The highest BCUT2D eigenvalue weighted by molar-refractivity contribution is 5.91. The Balaban J connectivity index is 0.00000320. The Hall–Kier alpha value is -3.31. The van der Waals surface area contributed by atoms with E-state index in [1.807, 2.05) is 21.7 Å². The summed E-state index contributed by atoms with van der Waals surface area (Å²) < 4.78 is 24.2. The number of piperazine rings is 1. The SMILES string of the molecule is COc1cc(C(c2nnnn2C2CCCC2)N2CCN(C(=O)c3ccco3)CC2)cc(OC)c1OC.Cl. The van der Waals surface area contributed by atoms with Gasteiger partial charge in [-0.15, -0.1) is 17.5 Å². The van der Waals surface area contributed by atoms with Crippen molar-refractivity contribution in [3.05, 3.63) is 47.7 Å². The zero-order valence-corrected chi connectivity index (χ0v) is 22.1. The second-order valence-electron chi connectivity index (χ2n) is 9.09. The van der Waals surface area contributed by atoms with E-state index in [4.69, 9.17) is 18.6 Å². The summed E-state index contributed by atoms with van der Waals surface area (Å²) >= 11 is 0. The molecule has 1 saturated carbocycles. The molecule has 2 fully saturated rings. The van der Waals surface area contributed by atoms with Gasteiger partial charge in [-0.2, -0.15) is 0 Å². The number of methoxy groups -OCH3 is 3. The lowest BCUT2D eigenvalue weighted by molar-refractivity contribution is 0.0557. The van der Waals surface area contributed by atoms with Gasteiger partial charge < -0.3 is 23.5 Å². The fraction of sp³-hybridized carbons (Fsp3) is 0.520. The summed E-state index contributed by atoms with van der Waals surface area (Å²) in [7, 11) is 4.81. The topological polar surface area (TPSA) is 108 Å². The molecule has 0 bridgehead atoms. The Morgan fingerprint density at radius 3 is 2.27 bits per heavy atom. The first kappa shape index (κ1) is 26.7. The molecule has 1 aliphatic carbocycles. The minimum atomic E-state index is -0.254. The van der Waals surface area contributed by atoms with Crippen LogP contribution in [0.1, 0.15) is 59.7 Å². The molecule has 3 aromatic rings. The summed E-state index contributed by atoms with van der Waals surface area (Å²) in [6, 6.07) is 7.37. The van der Waals surface area contributed by atoms with E-state index in [2.05, 4.69) is 20.4 Å². The predicted molar refractivity (Wildman–Crippen MR) is 137 cm³/mol. The molecule has 200 valence electrons. The molecule has 5 rings (SSSR count). The third kappa shape index (κ3) is 5.24. The molecular formula is C25H33ClN6O5. The number of benzene rings is 1. The van der Waals surface area contributed by atoms with Crippen LogP contribution in [-0.4, -0.2) is 83.4 Å². The molecule has 1 saturated heterocycles. The van der Waals surface area contributed by atoms with E-state index in [-0.39, 0.29) is 30.4 Å². The van der Waals surface area contributed by atoms with Crippen molar-refractivity contribution in [1.82, 2.24) is 30.0 Å². The summed E-state index contributed by atoms with van der Waals surface area (Å²) in [6.45, 7) is 2.41. The van der Waals surface area contributed by atoms with Gasteiger partial charge in [-0.25, -0.2) is 4.68 Å². The lowest BCUT2D eigenvalue weighted by atomic mass is 10.0. The van der Waals surface area contributed by atoms with Crippen LogP contribution >= 0.6 is 12.4 Å². The molecule has 1 unspecified atom stereocenters. The molecule has 0 radical (unpaired) electrons. The number of nitrogens with zero attached hydrogens (tertiary/aromatic N) is 6. The molecule has 3 heterocycles. The zero-order valence-electron chi connectivity index (χ0n) is 21.3. The van der Waals surface area contributed by atoms with Gasteiger partial charge in [-0.05, 0) is 53.1 Å². The van der Waals surface area contributed by atoms with Crippen LogP contribution in [0.5, 0.6) is 17.2 Å². The highest BCUT2D eigenvalue weighted by Crippen LogP contribution is 2.43. The first-order valence-electron chi connectivity index (χ1n) is 12.3. The van der Waals surface area contributed by atoms with Crippen molar-refractivity contribution < 1.29 is 23.4 Å².